The molecule has 0 spiro atoms. The molecule has 0 aliphatic rings. The van der Waals surface area contributed by atoms with Crippen LogP contribution in [0.5, 0.6) is 0 Å². The summed E-state index contributed by atoms with van der Waals surface area (Å²) in [7, 11) is 0. The molecule has 0 amide bonds. The number of fused-ring (bicyclic) bond motifs is 1. The second kappa shape index (κ2) is 6.57. The van der Waals surface area contributed by atoms with Crippen LogP contribution in [-0.4, -0.2) is 0 Å². The Morgan fingerprint density at radius 1 is 0.625 bits per heavy atom. The van der Waals surface area contributed by atoms with E-state index in [0.29, 0.717) is 0 Å². The van der Waals surface area contributed by atoms with Crippen LogP contribution < -0.4 is 5.32 Å². The maximum Gasteiger partial charge on any atom is 0.200 e. The molecule has 1 N–H and O–H groups in total. The third kappa shape index (κ3) is 2.85. The Hall–Kier alpha value is -2.47. The van der Waals surface area contributed by atoms with Crippen LogP contribution in [0.15, 0.2) is 42.5 Å². The fourth-order valence-electron chi connectivity index (χ4n) is 2.57. The van der Waals surface area contributed by atoms with Gasteiger partial charge in [-0.25, -0.2) is 22.0 Å². The van der Waals surface area contributed by atoms with Gasteiger partial charge in [-0.3, -0.25) is 0 Å². The zero-order chi connectivity index (χ0) is 17.3. The van der Waals surface area contributed by atoms with Crippen molar-refractivity contribution in [3.63, 3.8) is 0 Å². The Morgan fingerprint density at radius 2 is 1.21 bits per heavy atom. The zero-order valence-corrected chi connectivity index (χ0v) is 12.3. The first-order valence-electron chi connectivity index (χ1n) is 7.18. The molecule has 0 unspecified atom stereocenters. The summed E-state index contributed by atoms with van der Waals surface area (Å²) in [5.41, 5.74) is -0.0105. The molecule has 124 valence electrons. The van der Waals surface area contributed by atoms with E-state index in [9.17, 15) is 22.0 Å². The monoisotopic (exact) mass is 337 g/mol. The maximum absolute atomic E-state index is 13.6. The van der Waals surface area contributed by atoms with E-state index in [0.717, 1.165) is 16.3 Å². The minimum Gasteiger partial charge on any atom is -0.308 e. The van der Waals surface area contributed by atoms with Crippen molar-refractivity contribution in [1.82, 2.24) is 5.32 Å². The van der Waals surface area contributed by atoms with Gasteiger partial charge in [-0.05, 0) is 16.3 Å². The number of rotatable bonds is 4. The molecule has 0 heterocycles. The van der Waals surface area contributed by atoms with Crippen LogP contribution >= 0.6 is 0 Å². The summed E-state index contributed by atoms with van der Waals surface area (Å²) in [6.45, 7) is -0.254. The highest BCUT2D eigenvalue weighted by Gasteiger charge is 2.25. The summed E-state index contributed by atoms with van der Waals surface area (Å²) in [6.07, 6.45) is 0. The molecule has 24 heavy (non-hydrogen) atoms. The number of benzene rings is 3. The standard InChI is InChI=1S/C18H12F5N/c19-14-13(15(20)17(22)18(23)16(14)21)9-24-8-11-6-3-5-10-4-1-2-7-12(10)11/h1-7,24H,8-9H2. The number of nitrogens with one attached hydrogen (secondary N) is 1. The summed E-state index contributed by atoms with van der Waals surface area (Å²) in [5, 5.41) is 4.67. The van der Waals surface area contributed by atoms with E-state index in [1.165, 1.54) is 0 Å². The zero-order valence-electron chi connectivity index (χ0n) is 12.3. The van der Waals surface area contributed by atoms with Gasteiger partial charge in [0.15, 0.2) is 23.3 Å². The van der Waals surface area contributed by atoms with E-state index in [-0.39, 0.29) is 6.54 Å². The van der Waals surface area contributed by atoms with E-state index >= 15 is 0 Å². The van der Waals surface area contributed by atoms with Gasteiger partial charge in [-0.2, -0.15) is 0 Å². The molecule has 0 saturated carbocycles. The lowest BCUT2D eigenvalue weighted by Crippen LogP contribution is -2.17. The van der Waals surface area contributed by atoms with Crippen LogP contribution in [0.4, 0.5) is 22.0 Å². The molecule has 0 aromatic heterocycles. The Bertz CT molecular complexity index is 873. The quantitative estimate of drug-likeness (QED) is 0.409. The Labute approximate surface area is 134 Å². The normalized spacial score (nSPS) is 11.2. The van der Waals surface area contributed by atoms with E-state index in [4.69, 9.17) is 0 Å². The number of halogens is 5. The summed E-state index contributed by atoms with van der Waals surface area (Å²) < 4.78 is 66.6. The molecular weight excluding hydrogens is 325 g/mol. The Morgan fingerprint density at radius 3 is 1.92 bits per heavy atom. The molecule has 1 nitrogen and oxygen atoms in total. The third-order valence-electron chi connectivity index (χ3n) is 3.80. The van der Waals surface area contributed by atoms with Gasteiger partial charge < -0.3 is 5.32 Å². The first-order valence-corrected chi connectivity index (χ1v) is 7.18. The highest BCUT2D eigenvalue weighted by molar-refractivity contribution is 5.85. The average Bonchev–Trinajstić information content (AvgIpc) is 2.61. The molecule has 0 aliphatic carbocycles. The minimum atomic E-state index is -2.15. The lowest BCUT2D eigenvalue weighted by molar-refractivity contribution is 0.367. The van der Waals surface area contributed by atoms with Crippen LogP contribution in [0, 0.1) is 29.1 Å². The summed E-state index contributed by atoms with van der Waals surface area (Å²) in [6, 6.07) is 13.1. The van der Waals surface area contributed by atoms with Gasteiger partial charge >= 0.3 is 0 Å². The summed E-state index contributed by atoms with van der Waals surface area (Å²) in [5.74, 6) is -9.64. The van der Waals surface area contributed by atoms with Crippen LogP contribution in [0.25, 0.3) is 10.8 Å². The van der Waals surface area contributed by atoms with Gasteiger partial charge in [0.1, 0.15) is 0 Å². The fraction of sp³-hybridized carbons (Fsp3) is 0.111. The molecular formula is C18H12F5N. The Balaban J connectivity index is 1.82. The van der Waals surface area contributed by atoms with Crippen molar-refractivity contribution < 1.29 is 22.0 Å². The van der Waals surface area contributed by atoms with Crippen molar-refractivity contribution >= 4 is 10.8 Å². The predicted molar refractivity (Wildman–Crippen MR) is 80.7 cm³/mol. The minimum absolute atomic E-state index is 0.223. The molecule has 0 radical (unpaired) electrons. The third-order valence-corrected chi connectivity index (χ3v) is 3.80. The molecule has 3 aromatic carbocycles. The van der Waals surface area contributed by atoms with E-state index < -0.39 is 41.2 Å². The van der Waals surface area contributed by atoms with Crippen LogP contribution in [0.2, 0.25) is 0 Å². The van der Waals surface area contributed by atoms with Gasteiger partial charge in [0.25, 0.3) is 0 Å². The van der Waals surface area contributed by atoms with Gasteiger partial charge in [-0.1, -0.05) is 42.5 Å². The first kappa shape index (κ1) is 16.4. The van der Waals surface area contributed by atoms with E-state index in [1.807, 2.05) is 42.5 Å². The largest absolute Gasteiger partial charge is 0.308 e. The topological polar surface area (TPSA) is 12.0 Å². The number of hydrogen-bond acceptors (Lipinski definition) is 1. The van der Waals surface area contributed by atoms with Crippen molar-refractivity contribution in [2.75, 3.05) is 0 Å². The van der Waals surface area contributed by atoms with Crippen LogP contribution in [0.3, 0.4) is 0 Å². The highest BCUT2D eigenvalue weighted by Crippen LogP contribution is 2.23. The molecule has 0 fully saturated rings. The predicted octanol–water partition coefficient (Wildman–Crippen LogP) is 4.83. The molecule has 3 aromatic rings. The van der Waals surface area contributed by atoms with Crippen molar-refractivity contribution in [2.45, 2.75) is 13.1 Å². The van der Waals surface area contributed by atoms with Gasteiger partial charge in [0.05, 0.1) is 0 Å². The molecule has 0 bridgehead atoms. The van der Waals surface area contributed by atoms with E-state index in [1.54, 1.807) is 0 Å². The molecule has 6 heteroatoms. The molecule has 0 atom stereocenters. The number of hydrogen-bond donors (Lipinski definition) is 1. The highest BCUT2D eigenvalue weighted by atomic mass is 19.2. The lowest BCUT2D eigenvalue weighted by Gasteiger charge is -2.11. The van der Waals surface area contributed by atoms with Gasteiger partial charge in [-0.15, -0.1) is 0 Å². The van der Waals surface area contributed by atoms with Crippen molar-refractivity contribution in [2.24, 2.45) is 0 Å². The molecule has 0 saturated heterocycles. The van der Waals surface area contributed by atoms with Crippen molar-refractivity contribution in [3.05, 3.63) is 82.7 Å². The Kier molecular flexibility index (Phi) is 4.49. The average molecular weight is 337 g/mol. The van der Waals surface area contributed by atoms with E-state index in [2.05, 4.69) is 5.32 Å². The SMILES string of the molecule is Fc1c(F)c(F)c(CNCc2cccc3ccccc23)c(F)c1F. The van der Waals surface area contributed by atoms with Crippen molar-refractivity contribution in [1.29, 1.82) is 0 Å². The summed E-state index contributed by atoms with van der Waals surface area (Å²) in [4.78, 5) is 0. The van der Waals surface area contributed by atoms with Crippen molar-refractivity contribution in [3.8, 4) is 0 Å². The smallest absolute Gasteiger partial charge is 0.200 e. The second-order valence-corrected chi connectivity index (χ2v) is 5.29. The van der Waals surface area contributed by atoms with Gasteiger partial charge in [0, 0.05) is 18.7 Å². The fourth-order valence-corrected chi connectivity index (χ4v) is 2.57. The lowest BCUT2D eigenvalue weighted by atomic mass is 10.0. The summed E-state index contributed by atoms with van der Waals surface area (Å²) >= 11 is 0. The second-order valence-electron chi connectivity index (χ2n) is 5.29. The van der Waals surface area contributed by atoms with Crippen LogP contribution in [0.1, 0.15) is 11.1 Å². The van der Waals surface area contributed by atoms with Gasteiger partial charge in [0.2, 0.25) is 5.82 Å². The first-order chi connectivity index (χ1) is 11.5. The molecule has 3 rings (SSSR count). The molecule has 0 aliphatic heterocycles. The van der Waals surface area contributed by atoms with Crippen LogP contribution in [-0.2, 0) is 13.1 Å². The maximum atomic E-state index is 13.6.